The maximum atomic E-state index is 3.98. The van der Waals surface area contributed by atoms with Crippen LogP contribution in [0.1, 0.15) is 40.3 Å². The van der Waals surface area contributed by atoms with Gasteiger partial charge in [-0.05, 0) is 31.6 Å². The second-order valence-electron chi connectivity index (χ2n) is 2.78. The van der Waals surface area contributed by atoms with Gasteiger partial charge >= 0.3 is 0 Å². The normalized spacial score (nSPS) is 7.67. The van der Waals surface area contributed by atoms with Crippen molar-refractivity contribution in [3.8, 4) is 0 Å². The maximum absolute atomic E-state index is 3.98. The summed E-state index contributed by atoms with van der Waals surface area (Å²) in [5.41, 5.74) is 2.02. The second-order valence-corrected chi connectivity index (χ2v) is 2.78. The van der Waals surface area contributed by atoms with E-state index < -0.39 is 0 Å². The number of hydrogen-bond acceptors (Lipinski definition) is 2. The van der Waals surface area contributed by atoms with Crippen LogP contribution < -0.4 is 0 Å². The molecule has 2 heteroatoms. The minimum atomic E-state index is 0.944. The van der Waals surface area contributed by atoms with Crippen LogP contribution in [-0.2, 0) is 0 Å². The fraction of sp³-hybridized carbons (Fsp3) is 0.375. The summed E-state index contributed by atoms with van der Waals surface area (Å²) in [5, 5.41) is 0. The van der Waals surface area contributed by atoms with Gasteiger partial charge in [-0.15, -0.1) is 0 Å². The van der Waals surface area contributed by atoms with Crippen molar-refractivity contribution in [2.75, 3.05) is 0 Å². The predicted molar refractivity (Wildman–Crippen MR) is 85.2 cm³/mol. The molecule has 0 aromatic carbocycles. The molecule has 18 heavy (non-hydrogen) atoms. The molecular formula is C16H28N2. The van der Waals surface area contributed by atoms with Gasteiger partial charge in [0.2, 0.25) is 0 Å². The quantitative estimate of drug-likeness (QED) is 0.659. The summed E-state index contributed by atoms with van der Waals surface area (Å²) in [7, 11) is 0. The number of hydrogen-bond donors (Lipinski definition) is 0. The van der Waals surface area contributed by atoms with Crippen LogP contribution in [-0.4, -0.2) is 11.2 Å². The van der Waals surface area contributed by atoms with Gasteiger partial charge in [0.25, 0.3) is 0 Å². The van der Waals surface area contributed by atoms with Crippen molar-refractivity contribution in [3.63, 3.8) is 0 Å². The average molecular weight is 248 g/mol. The highest BCUT2D eigenvalue weighted by molar-refractivity contribution is 5.76. The molecule has 0 aliphatic heterocycles. The summed E-state index contributed by atoms with van der Waals surface area (Å²) in [5.74, 6) is 0. The molecule has 0 aliphatic carbocycles. The zero-order chi connectivity index (χ0) is 14.8. The highest BCUT2D eigenvalue weighted by Crippen LogP contribution is 1.86. The first kappa shape index (κ1) is 21.6. The summed E-state index contributed by atoms with van der Waals surface area (Å²) >= 11 is 0. The van der Waals surface area contributed by atoms with Crippen molar-refractivity contribution in [2.45, 2.75) is 41.5 Å². The Hall–Kier alpha value is -1.70. The Morgan fingerprint density at radius 2 is 1.78 bits per heavy atom. The van der Waals surface area contributed by atoms with Gasteiger partial charge < -0.3 is 0 Å². The largest absolute Gasteiger partial charge is 0.265 e. The molecule has 0 amide bonds. The molecule has 0 bridgehead atoms. The first-order chi connectivity index (χ1) is 8.66. The van der Waals surface area contributed by atoms with Crippen molar-refractivity contribution in [1.82, 2.24) is 4.98 Å². The Balaban J connectivity index is -0.000000196. The van der Waals surface area contributed by atoms with Gasteiger partial charge in [0, 0.05) is 24.3 Å². The lowest BCUT2D eigenvalue weighted by molar-refractivity contribution is 1.20. The standard InChI is InChI=1S/C6H7N.C6H9N.2C2H6/c1-6-4-2-3-5-7-6;1-4-7-5-6(2)3;2*1-2/h2-5H,1H3;4-5H,1-2H2,3H3;2*1-2H3. The van der Waals surface area contributed by atoms with E-state index in [0.29, 0.717) is 0 Å². The minimum Gasteiger partial charge on any atom is -0.265 e. The third-order valence-corrected chi connectivity index (χ3v) is 1.21. The molecule has 1 heterocycles. The molecule has 0 atom stereocenters. The summed E-state index contributed by atoms with van der Waals surface area (Å²) < 4.78 is 0. The number of rotatable bonds is 2. The lowest BCUT2D eigenvalue weighted by Crippen LogP contribution is -1.72. The maximum Gasteiger partial charge on any atom is 0.0372 e. The zero-order valence-corrected chi connectivity index (χ0v) is 12.8. The van der Waals surface area contributed by atoms with E-state index in [-0.39, 0.29) is 0 Å². The number of aromatic nitrogens is 1. The minimum absolute atomic E-state index is 0.944. The van der Waals surface area contributed by atoms with Gasteiger partial charge in [-0.1, -0.05) is 46.9 Å². The van der Waals surface area contributed by atoms with E-state index in [4.69, 9.17) is 0 Å². The molecule has 0 aliphatic rings. The van der Waals surface area contributed by atoms with E-state index in [1.807, 2.05) is 59.7 Å². The fourth-order valence-electron chi connectivity index (χ4n) is 0.628. The van der Waals surface area contributed by atoms with Crippen LogP contribution in [0.5, 0.6) is 0 Å². The summed E-state index contributed by atoms with van der Waals surface area (Å²) in [4.78, 5) is 7.69. The number of aryl methyl sites for hydroxylation is 1. The molecule has 1 aromatic rings. The summed E-state index contributed by atoms with van der Waals surface area (Å²) in [6.07, 6.45) is 4.93. The molecule has 0 radical (unpaired) electrons. The van der Waals surface area contributed by atoms with Gasteiger partial charge in [-0.3, -0.25) is 9.98 Å². The lowest BCUT2D eigenvalue weighted by Gasteiger charge is -1.82. The Labute approximate surface area is 113 Å². The number of nitrogens with zero attached hydrogens (tertiary/aromatic N) is 2. The second kappa shape index (κ2) is 20.7. The molecule has 1 aromatic heterocycles. The monoisotopic (exact) mass is 248 g/mol. The van der Waals surface area contributed by atoms with Crippen LogP contribution in [0.3, 0.4) is 0 Å². The lowest BCUT2D eigenvalue weighted by atomic mass is 10.4. The zero-order valence-electron chi connectivity index (χ0n) is 12.8. The van der Waals surface area contributed by atoms with Gasteiger partial charge in [-0.2, -0.15) is 0 Å². The first-order valence-electron chi connectivity index (χ1n) is 6.34. The molecule has 0 N–H and O–H groups in total. The van der Waals surface area contributed by atoms with Gasteiger partial charge in [0.15, 0.2) is 0 Å². The SMILES string of the molecule is C=CN=CC(=C)C.CC.CC.Cc1ccccn1. The van der Waals surface area contributed by atoms with Crippen LogP contribution in [0, 0.1) is 6.92 Å². The Morgan fingerprint density at radius 1 is 1.22 bits per heavy atom. The number of aliphatic imine (C=N–C) groups is 1. The van der Waals surface area contributed by atoms with Crippen molar-refractivity contribution in [3.05, 3.63) is 55.0 Å². The van der Waals surface area contributed by atoms with E-state index >= 15 is 0 Å². The Morgan fingerprint density at radius 3 is 1.94 bits per heavy atom. The topological polar surface area (TPSA) is 25.2 Å². The molecule has 1 rings (SSSR count). The summed E-state index contributed by atoms with van der Waals surface area (Å²) in [6.45, 7) is 18.8. The molecule has 2 nitrogen and oxygen atoms in total. The van der Waals surface area contributed by atoms with Crippen LogP contribution in [0.25, 0.3) is 0 Å². The Kier molecular flexibility index (Phi) is 24.8. The number of pyridine rings is 1. The number of allylic oxidation sites excluding steroid dienone is 1. The first-order valence-corrected chi connectivity index (χ1v) is 6.34. The van der Waals surface area contributed by atoms with E-state index in [1.54, 1.807) is 12.4 Å². The van der Waals surface area contributed by atoms with E-state index in [2.05, 4.69) is 23.1 Å². The van der Waals surface area contributed by atoms with Crippen molar-refractivity contribution in [1.29, 1.82) is 0 Å². The molecule has 0 saturated carbocycles. The van der Waals surface area contributed by atoms with Gasteiger partial charge in [-0.25, -0.2) is 0 Å². The molecular weight excluding hydrogens is 220 g/mol. The smallest absolute Gasteiger partial charge is 0.0372 e. The average Bonchev–Trinajstić information content (AvgIpc) is 2.42. The van der Waals surface area contributed by atoms with Gasteiger partial charge in [0.05, 0.1) is 0 Å². The van der Waals surface area contributed by atoms with Crippen LogP contribution >= 0.6 is 0 Å². The van der Waals surface area contributed by atoms with Crippen LogP contribution in [0.4, 0.5) is 0 Å². The van der Waals surface area contributed by atoms with E-state index in [1.165, 1.54) is 6.20 Å². The molecule has 0 unspecified atom stereocenters. The van der Waals surface area contributed by atoms with Crippen LogP contribution in [0.15, 0.2) is 54.3 Å². The third kappa shape index (κ3) is 23.8. The predicted octanol–water partition coefficient (Wildman–Crippen LogP) is 5.22. The molecule has 0 fully saturated rings. The molecule has 102 valence electrons. The van der Waals surface area contributed by atoms with Crippen molar-refractivity contribution >= 4 is 6.21 Å². The highest BCUT2D eigenvalue weighted by Gasteiger charge is 1.73. The van der Waals surface area contributed by atoms with Crippen LogP contribution in [0.2, 0.25) is 0 Å². The molecule has 0 saturated heterocycles. The van der Waals surface area contributed by atoms with E-state index in [0.717, 1.165) is 11.3 Å². The summed E-state index contributed by atoms with van der Waals surface area (Å²) in [6, 6.07) is 5.86. The van der Waals surface area contributed by atoms with Crippen molar-refractivity contribution in [2.24, 2.45) is 4.99 Å². The molecule has 0 spiro atoms. The Bertz CT molecular complexity index is 300. The highest BCUT2D eigenvalue weighted by atomic mass is 14.7. The van der Waals surface area contributed by atoms with Gasteiger partial charge in [0.1, 0.15) is 0 Å². The van der Waals surface area contributed by atoms with E-state index in [9.17, 15) is 0 Å². The van der Waals surface area contributed by atoms with Crippen molar-refractivity contribution < 1.29 is 0 Å². The fourth-order valence-corrected chi connectivity index (χ4v) is 0.628. The third-order valence-electron chi connectivity index (χ3n) is 1.21.